The molecule has 2 aliphatic heterocycles. The van der Waals surface area contributed by atoms with Crippen LogP contribution in [0, 0.1) is 5.92 Å². The predicted molar refractivity (Wildman–Crippen MR) is 94.5 cm³/mol. The standard InChI is InChI=1S/C17H25N3O3S/c1-13(18)15-6-3-8-19(12-15)17(21)14-5-2-7-16(11-14)20-9-4-10-24(20,22)23/h2,5,7,11,13,15H,3-4,6,8-10,12,18H2,1H3. The van der Waals surface area contributed by atoms with Crippen LogP contribution in [0.1, 0.15) is 36.5 Å². The van der Waals surface area contributed by atoms with Gasteiger partial charge in [-0.3, -0.25) is 9.10 Å². The van der Waals surface area contributed by atoms with Crippen molar-refractivity contribution in [2.75, 3.05) is 29.7 Å². The Kier molecular flexibility index (Phi) is 4.83. The molecule has 2 atom stereocenters. The van der Waals surface area contributed by atoms with Gasteiger partial charge in [-0.25, -0.2) is 8.42 Å². The lowest BCUT2D eigenvalue weighted by Gasteiger charge is -2.34. The first-order valence-electron chi connectivity index (χ1n) is 8.54. The van der Waals surface area contributed by atoms with Gasteiger partial charge in [-0.1, -0.05) is 6.07 Å². The fourth-order valence-corrected chi connectivity index (χ4v) is 5.09. The third kappa shape index (κ3) is 3.42. The summed E-state index contributed by atoms with van der Waals surface area (Å²) in [4.78, 5) is 14.7. The molecular weight excluding hydrogens is 326 g/mol. The summed E-state index contributed by atoms with van der Waals surface area (Å²) in [5.41, 5.74) is 7.12. The van der Waals surface area contributed by atoms with Crippen molar-refractivity contribution in [2.24, 2.45) is 11.7 Å². The van der Waals surface area contributed by atoms with E-state index >= 15 is 0 Å². The van der Waals surface area contributed by atoms with E-state index in [9.17, 15) is 13.2 Å². The Hall–Kier alpha value is -1.60. The van der Waals surface area contributed by atoms with Gasteiger partial charge in [0, 0.05) is 31.2 Å². The number of nitrogens with zero attached hydrogens (tertiary/aromatic N) is 2. The van der Waals surface area contributed by atoms with Crippen molar-refractivity contribution in [3.63, 3.8) is 0 Å². The first-order chi connectivity index (χ1) is 11.4. The number of likely N-dealkylation sites (tertiary alicyclic amines) is 1. The Morgan fingerprint density at radius 2 is 2.08 bits per heavy atom. The highest BCUT2D eigenvalue weighted by atomic mass is 32.2. The largest absolute Gasteiger partial charge is 0.338 e. The summed E-state index contributed by atoms with van der Waals surface area (Å²) in [6.45, 7) is 3.87. The molecule has 2 fully saturated rings. The summed E-state index contributed by atoms with van der Waals surface area (Å²) in [5, 5.41) is 0. The molecule has 7 heteroatoms. The number of anilines is 1. The highest BCUT2D eigenvalue weighted by molar-refractivity contribution is 7.93. The summed E-state index contributed by atoms with van der Waals surface area (Å²) in [5.74, 6) is 0.455. The van der Waals surface area contributed by atoms with Crippen molar-refractivity contribution >= 4 is 21.6 Å². The molecular formula is C17H25N3O3S. The Bertz CT molecular complexity index is 718. The van der Waals surface area contributed by atoms with Crippen molar-refractivity contribution in [1.29, 1.82) is 0 Å². The number of rotatable bonds is 3. The fourth-order valence-electron chi connectivity index (χ4n) is 3.53. The third-order valence-corrected chi connectivity index (χ3v) is 6.84. The normalized spacial score (nSPS) is 24.8. The van der Waals surface area contributed by atoms with Gasteiger partial charge in [0.2, 0.25) is 10.0 Å². The molecule has 0 spiro atoms. The number of hydrogen-bond donors (Lipinski definition) is 1. The lowest BCUT2D eigenvalue weighted by atomic mass is 9.92. The van der Waals surface area contributed by atoms with Crippen molar-refractivity contribution < 1.29 is 13.2 Å². The third-order valence-electron chi connectivity index (χ3n) is 4.97. The molecule has 132 valence electrons. The number of benzene rings is 1. The maximum absolute atomic E-state index is 12.8. The molecule has 0 bridgehead atoms. The average molecular weight is 351 g/mol. The van der Waals surface area contributed by atoms with Gasteiger partial charge in [-0.05, 0) is 50.3 Å². The minimum absolute atomic E-state index is 0.0428. The highest BCUT2D eigenvalue weighted by Gasteiger charge is 2.30. The van der Waals surface area contributed by atoms with E-state index < -0.39 is 10.0 Å². The van der Waals surface area contributed by atoms with Gasteiger partial charge in [0.05, 0.1) is 11.4 Å². The summed E-state index contributed by atoms with van der Waals surface area (Å²) >= 11 is 0. The molecule has 0 aromatic heterocycles. The van der Waals surface area contributed by atoms with Crippen LogP contribution in [0.2, 0.25) is 0 Å². The molecule has 1 aromatic carbocycles. The lowest BCUT2D eigenvalue weighted by Crippen LogP contribution is -2.45. The molecule has 0 aliphatic carbocycles. The smallest absolute Gasteiger partial charge is 0.253 e. The second kappa shape index (κ2) is 6.72. The van der Waals surface area contributed by atoms with E-state index in [-0.39, 0.29) is 17.7 Å². The van der Waals surface area contributed by atoms with Crippen LogP contribution in [0.15, 0.2) is 24.3 Å². The number of hydrogen-bond acceptors (Lipinski definition) is 4. The number of sulfonamides is 1. The van der Waals surface area contributed by atoms with Crippen molar-refractivity contribution in [2.45, 2.75) is 32.2 Å². The molecule has 1 aromatic rings. The van der Waals surface area contributed by atoms with E-state index in [1.54, 1.807) is 24.3 Å². The van der Waals surface area contributed by atoms with Crippen LogP contribution in [-0.2, 0) is 10.0 Å². The molecule has 2 aliphatic rings. The van der Waals surface area contributed by atoms with E-state index in [4.69, 9.17) is 5.73 Å². The van der Waals surface area contributed by atoms with Crippen LogP contribution in [0.3, 0.4) is 0 Å². The van der Waals surface area contributed by atoms with Crippen molar-refractivity contribution in [3.8, 4) is 0 Å². The molecule has 3 rings (SSSR count). The van der Waals surface area contributed by atoms with E-state index in [1.165, 1.54) is 4.31 Å². The fraction of sp³-hybridized carbons (Fsp3) is 0.588. The van der Waals surface area contributed by atoms with Gasteiger partial charge < -0.3 is 10.6 Å². The predicted octanol–water partition coefficient (Wildman–Crippen LogP) is 1.43. The molecule has 0 saturated carbocycles. The Labute approximate surface area is 143 Å². The second-order valence-electron chi connectivity index (χ2n) is 6.80. The molecule has 2 N–H and O–H groups in total. The quantitative estimate of drug-likeness (QED) is 0.893. The molecule has 1 amide bonds. The summed E-state index contributed by atoms with van der Waals surface area (Å²) < 4.78 is 25.6. The number of carbonyl (C=O) groups is 1. The minimum Gasteiger partial charge on any atom is -0.338 e. The van der Waals surface area contributed by atoms with Crippen molar-refractivity contribution in [3.05, 3.63) is 29.8 Å². The molecule has 24 heavy (non-hydrogen) atoms. The number of nitrogens with two attached hydrogens (primary N) is 1. The molecule has 2 unspecified atom stereocenters. The van der Waals surface area contributed by atoms with Crippen molar-refractivity contribution in [1.82, 2.24) is 4.90 Å². The highest BCUT2D eigenvalue weighted by Crippen LogP contribution is 2.26. The summed E-state index contributed by atoms with van der Waals surface area (Å²) in [6.07, 6.45) is 2.63. The maximum atomic E-state index is 12.8. The topological polar surface area (TPSA) is 83.7 Å². The summed E-state index contributed by atoms with van der Waals surface area (Å²) in [6, 6.07) is 7.02. The van der Waals surface area contributed by atoms with Crippen LogP contribution >= 0.6 is 0 Å². The average Bonchev–Trinajstić information content (AvgIpc) is 2.93. The number of carbonyl (C=O) groups excluding carboxylic acids is 1. The van der Waals surface area contributed by atoms with Crippen LogP contribution in [0.5, 0.6) is 0 Å². The first kappa shape index (κ1) is 17.2. The lowest BCUT2D eigenvalue weighted by molar-refractivity contribution is 0.0661. The maximum Gasteiger partial charge on any atom is 0.253 e. The zero-order chi connectivity index (χ0) is 17.3. The van der Waals surface area contributed by atoms with Crippen LogP contribution < -0.4 is 10.0 Å². The minimum atomic E-state index is -3.24. The van der Waals surface area contributed by atoms with Gasteiger partial charge in [-0.15, -0.1) is 0 Å². The monoisotopic (exact) mass is 351 g/mol. The first-order valence-corrected chi connectivity index (χ1v) is 10.1. The van der Waals surface area contributed by atoms with Crippen LogP contribution in [0.4, 0.5) is 5.69 Å². The van der Waals surface area contributed by atoms with E-state index in [0.29, 0.717) is 36.7 Å². The SMILES string of the molecule is CC(N)C1CCCN(C(=O)c2cccc(N3CCCS3(=O)=O)c2)C1. The van der Waals surface area contributed by atoms with Gasteiger partial charge >= 0.3 is 0 Å². The van der Waals surface area contributed by atoms with Gasteiger partial charge in [0.25, 0.3) is 5.91 Å². The Balaban J connectivity index is 1.80. The molecule has 2 saturated heterocycles. The van der Waals surface area contributed by atoms with E-state index in [1.807, 2.05) is 11.8 Å². The van der Waals surface area contributed by atoms with Crippen LogP contribution in [0.25, 0.3) is 0 Å². The zero-order valence-corrected chi connectivity index (χ0v) is 14.8. The summed E-state index contributed by atoms with van der Waals surface area (Å²) in [7, 11) is -3.24. The molecule has 2 heterocycles. The second-order valence-corrected chi connectivity index (χ2v) is 8.82. The van der Waals surface area contributed by atoms with E-state index in [2.05, 4.69) is 0 Å². The Morgan fingerprint density at radius 1 is 1.29 bits per heavy atom. The van der Waals surface area contributed by atoms with Gasteiger partial charge in [0.15, 0.2) is 0 Å². The van der Waals surface area contributed by atoms with Gasteiger partial charge in [0.1, 0.15) is 0 Å². The van der Waals surface area contributed by atoms with E-state index in [0.717, 1.165) is 19.4 Å². The van der Waals surface area contributed by atoms with Gasteiger partial charge in [-0.2, -0.15) is 0 Å². The number of piperidine rings is 1. The zero-order valence-electron chi connectivity index (χ0n) is 14.0. The van der Waals surface area contributed by atoms with Crippen LogP contribution in [-0.4, -0.2) is 50.7 Å². The Morgan fingerprint density at radius 3 is 2.75 bits per heavy atom. The number of amides is 1. The molecule has 0 radical (unpaired) electrons. The molecule has 6 nitrogen and oxygen atoms in total.